The lowest BCUT2D eigenvalue weighted by Gasteiger charge is -2.14. The number of esters is 1. The molecule has 148 valence electrons. The summed E-state index contributed by atoms with van der Waals surface area (Å²) in [5, 5.41) is 2.33. The quantitative estimate of drug-likeness (QED) is 0.241. The fourth-order valence-corrected chi connectivity index (χ4v) is 3.47. The summed E-state index contributed by atoms with van der Waals surface area (Å²) in [4.78, 5) is 11.6. The Morgan fingerprint density at radius 2 is 1.93 bits per heavy atom. The van der Waals surface area contributed by atoms with Crippen LogP contribution < -0.4 is 9.47 Å². The van der Waals surface area contributed by atoms with Gasteiger partial charge in [0, 0.05) is 6.08 Å². The van der Waals surface area contributed by atoms with Crippen LogP contribution in [0, 0.1) is 0 Å². The third-order valence-electron chi connectivity index (χ3n) is 4.26. The molecule has 0 saturated carbocycles. The molecule has 29 heavy (non-hydrogen) atoms. The standard InChI is InChI=1S/C24H21BrO4/c1-3-13-28-23(26)12-11-17-14-21(25)24(22(15-17)27-2)29-16-19-9-6-8-18-7-4-5-10-20(18)19/h3-12,14-15H,1,13,16H2,2H3/b12-11+. The fraction of sp³-hybridized carbons (Fsp3) is 0.125. The van der Waals surface area contributed by atoms with Crippen LogP contribution in [0.15, 0.2) is 77.8 Å². The average molecular weight is 453 g/mol. The van der Waals surface area contributed by atoms with Crippen molar-refractivity contribution in [2.24, 2.45) is 0 Å². The van der Waals surface area contributed by atoms with E-state index in [0.717, 1.165) is 21.0 Å². The number of ether oxygens (including phenoxy) is 3. The normalized spacial score (nSPS) is 10.8. The maximum atomic E-state index is 11.6. The average Bonchev–Trinajstić information content (AvgIpc) is 2.75. The number of hydrogen-bond acceptors (Lipinski definition) is 4. The van der Waals surface area contributed by atoms with E-state index in [1.807, 2.05) is 24.3 Å². The van der Waals surface area contributed by atoms with Crippen LogP contribution in [0.5, 0.6) is 11.5 Å². The smallest absolute Gasteiger partial charge is 0.331 e. The first-order valence-corrected chi connectivity index (χ1v) is 9.84. The molecule has 0 radical (unpaired) electrons. The van der Waals surface area contributed by atoms with Crippen LogP contribution >= 0.6 is 15.9 Å². The molecule has 4 nitrogen and oxygen atoms in total. The minimum Gasteiger partial charge on any atom is -0.493 e. The van der Waals surface area contributed by atoms with E-state index in [0.29, 0.717) is 18.1 Å². The highest BCUT2D eigenvalue weighted by atomic mass is 79.9. The van der Waals surface area contributed by atoms with Gasteiger partial charge in [-0.25, -0.2) is 4.79 Å². The third-order valence-corrected chi connectivity index (χ3v) is 4.85. The second kappa shape index (κ2) is 9.94. The summed E-state index contributed by atoms with van der Waals surface area (Å²) in [7, 11) is 1.58. The predicted molar refractivity (Wildman–Crippen MR) is 119 cm³/mol. The molecule has 0 spiro atoms. The van der Waals surface area contributed by atoms with E-state index in [9.17, 15) is 4.79 Å². The maximum absolute atomic E-state index is 11.6. The number of methoxy groups -OCH3 is 1. The zero-order chi connectivity index (χ0) is 20.6. The summed E-state index contributed by atoms with van der Waals surface area (Å²) < 4.78 is 17.3. The lowest BCUT2D eigenvalue weighted by atomic mass is 10.1. The van der Waals surface area contributed by atoms with Crippen molar-refractivity contribution in [2.75, 3.05) is 13.7 Å². The minimum absolute atomic E-state index is 0.178. The molecule has 3 aromatic rings. The van der Waals surface area contributed by atoms with Crippen LogP contribution in [-0.2, 0) is 16.1 Å². The van der Waals surface area contributed by atoms with Gasteiger partial charge in [-0.1, -0.05) is 55.1 Å². The molecule has 0 fully saturated rings. The van der Waals surface area contributed by atoms with Gasteiger partial charge in [0.15, 0.2) is 11.5 Å². The van der Waals surface area contributed by atoms with Gasteiger partial charge in [0.05, 0.1) is 11.6 Å². The predicted octanol–water partition coefficient (Wildman–Crippen LogP) is 5.93. The minimum atomic E-state index is -0.434. The Morgan fingerprint density at radius 1 is 1.14 bits per heavy atom. The van der Waals surface area contributed by atoms with E-state index < -0.39 is 5.97 Å². The Bertz CT molecular complexity index is 1050. The zero-order valence-corrected chi connectivity index (χ0v) is 17.6. The third kappa shape index (κ3) is 5.27. The van der Waals surface area contributed by atoms with Crippen molar-refractivity contribution in [3.05, 3.63) is 88.9 Å². The highest BCUT2D eigenvalue weighted by molar-refractivity contribution is 9.10. The number of halogens is 1. The van der Waals surface area contributed by atoms with Crippen molar-refractivity contribution in [3.8, 4) is 11.5 Å². The molecule has 0 heterocycles. The van der Waals surface area contributed by atoms with E-state index >= 15 is 0 Å². The summed E-state index contributed by atoms with van der Waals surface area (Å²) in [6, 6.07) is 18.0. The largest absolute Gasteiger partial charge is 0.493 e. The lowest BCUT2D eigenvalue weighted by molar-refractivity contribution is -0.136. The van der Waals surface area contributed by atoms with Crippen LogP contribution in [0.3, 0.4) is 0 Å². The zero-order valence-electron chi connectivity index (χ0n) is 16.1. The summed E-state index contributed by atoms with van der Waals surface area (Å²) in [6.07, 6.45) is 4.54. The Kier molecular flexibility index (Phi) is 7.09. The first kappa shape index (κ1) is 20.7. The molecule has 0 amide bonds. The summed E-state index contributed by atoms with van der Waals surface area (Å²) in [5.41, 5.74) is 1.87. The number of hydrogen-bond donors (Lipinski definition) is 0. The van der Waals surface area contributed by atoms with Gasteiger partial charge in [0.25, 0.3) is 0 Å². The molecule has 0 aliphatic carbocycles. The molecule has 0 saturated heterocycles. The first-order valence-electron chi connectivity index (χ1n) is 9.05. The van der Waals surface area contributed by atoms with Crippen LogP contribution in [-0.4, -0.2) is 19.7 Å². The SMILES string of the molecule is C=CCOC(=O)/C=C/c1cc(Br)c(OCc2cccc3ccccc23)c(OC)c1. The Morgan fingerprint density at radius 3 is 2.72 bits per heavy atom. The van der Waals surface area contributed by atoms with Crippen molar-refractivity contribution in [1.82, 2.24) is 0 Å². The van der Waals surface area contributed by atoms with Gasteiger partial charge in [-0.2, -0.15) is 0 Å². The molecule has 0 aliphatic rings. The van der Waals surface area contributed by atoms with Crippen LogP contribution in [0.4, 0.5) is 0 Å². The number of carbonyl (C=O) groups excluding carboxylic acids is 1. The van der Waals surface area contributed by atoms with Gasteiger partial charge in [-0.3, -0.25) is 0 Å². The molecule has 0 aromatic heterocycles. The van der Waals surface area contributed by atoms with E-state index in [-0.39, 0.29) is 6.61 Å². The molecule has 5 heteroatoms. The van der Waals surface area contributed by atoms with Crippen LogP contribution in [0.2, 0.25) is 0 Å². The van der Waals surface area contributed by atoms with Crippen molar-refractivity contribution in [1.29, 1.82) is 0 Å². The van der Waals surface area contributed by atoms with Gasteiger partial charge in [-0.05, 0) is 56.0 Å². The second-order valence-electron chi connectivity index (χ2n) is 6.21. The topological polar surface area (TPSA) is 44.8 Å². The lowest BCUT2D eigenvalue weighted by Crippen LogP contribution is -2.00. The van der Waals surface area contributed by atoms with Crippen LogP contribution in [0.1, 0.15) is 11.1 Å². The Hall–Kier alpha value is -3.05. The Balaban J connectivity index is 1.80. The maximum Gasteiger partial charge on any atom is 0.331 e. The second-order valence-corrected chi connectivity index (χ2v) is 7.07. The summed E-state index contributed by atoms with van der Waals surface area (Å²) in [5.74, 6) is 0.738. The van der Waals surface area contributed by atoms with Crippen molar-refractivity contribution >= 4 is 38.7 Å². The number of carbonyl (C=O) groups is 1. The van der Waals surface area contributed by atoms with E-state index in [2.05, 4.69) is 46.8 Å². The van der Waals surface area contributed by atoms with Gasteiger partial charge < -0.3 is 14.2 Å². The van der Waals surface area contributed by atoms with Crippen molar-refractivity contribution < 1.29 is 19.0 Å². The molecule has 0 unspecified atom stereocenters. The molecular formula is C24H21BrO4. The van der Waals surface area contributed by atoms with E-state index in [4.69, 9.17) is 14.2 Å². The van der Waals surface area contributed by atoms with E-state index in [1.165, 1.54) is 17.5 Å². The molecular weight excluding hydrogens is 432 g/mol. The molecule has 3 rings (SSSR count). The molecule has 0 bridgehead atoms. The van der Waals surface area contributed by atoms with Gasteiger partial charge in [-0.15, -0.1) is 0 Å². The highest BCUT2D eigenvalue weighted by Gasteiger charge is 2.12. The summed E-state index contributed by atoms with van der Waals surface area (Å²) >= 11 is 3.54. The van der Waals surface area contributed by atoms with Crippen LogP contribution in [0.25, 0.3) is 16.8 Å². The number of rotatable bonds is 8. The van der Waals surface area contributed by atoms with Gasteiger partial charge >= 0.3 is 5.97 Å². The highest BCUT2D eigenvalue weighted by Crippen LogP contribution is 2.38. The van der Waals surface area contributed by atoms with Gasteiger partial charge in [0.1, 0.15) is 13.2 Å². The molecule has 0 aliphatic heterocycles. The fourth-order valence-electron chi connectivity index (χ4n) is 2.90. The van der Waals surface area contributed by atoms with Crippen molar-refractivity contribution in [2.45, 2.75) is 6.61 Å². The molecule has 0 atom stereocenters. The summed E-state index contributed by atoms with van der Waals surface area (Å²) in [6.45, 7) is 4.09. The first-order chi connectivity index (χ1) is 14.1. The number of fused-ring (bicyclic) bond motifs is 1. The Labute approximate surface area is 178 Å². The molecule has 0 N–H and O–H groups in total. The van der Waals surface area contributed by atoms with E-state index in [1.54, 1.807) is 19.3 Å². The molecule has 3 aromatic carbocycles. The van der Waals surface area contributed by atoms with Crippen molar-refractivity contribution in [3.63, 3.8) is 0 Å². The van der Waals surface area contributed by atoms with Gasteiger partial charge in [0.2, 0.25) is 0 Å². The monoisotopic (exact) mass is 452 g/mol. The number of benzene rings is 3.